The van der Waals surface area contributed by atoms with E-state index in [1.807, 2.05) is 0 Å². The third-order valence-electron chi connectivity index (χ3n) is 3.38. The van der Waals surface area contributed by atoms with Gasteiger partial charge in [0.05, 0.1) is 12.7 Å². The van der Waals surface area contributed by atoms with Gasteiger partial charge in [-0.05, 0) is 24.3 Å². The van der Waals surface area contributed by atoms with Crippen LogP contribution in [0.4, 0.5) is 0 Å². The molecule has 4 nitrogen and oxygen atoms in total. The Morgan fingerprint density at radius 3 is 2.74 bits per heavy atom. The second-order valence-electron chi connectivity index (χ2n) is 5.01. The molecule has 118 valence electrons. The molecule has 0 aliphatic rings. The van der Waals surface area contributed by atoms with Gasteiger partial charge >= 0.3 is 5.97 Å². The number of hydrogen-bond acceptors (Lipinski definition) is 4. The SMILES string of the molecule is O=C(Cc1coc2cc(O)ccc12)OCc1ccc(Cl)cc1Cl. The van der Waals surface area contributed by atoms with Crippen molar-refractivity contribution in [1.29, 1.82) is 0 Å². The number of aromatic hydroxyl groups is 1. The summed E-state index contributed by atoms with van der Waals surface area (Å²) in [5, 5.41) is 11.2. The van der Waals surface area contributed by atoms with Crippen LogP contribution in [0, 0.1) is 0 Å². The third kappa shape index (κ3) is 3.60. The van der Waals surface area contributed by atoms with E-state index in [4.69, 9.17) is 32.4 Å². The van der Waals surface area contributed by atoms with Crippen molar-refractivity contribution in [1.82, 2.24) is 0 Å². The Kier molecular flexibility index (Phi) is 4.46. The molecule has 1 N–H and O–H groups in total. The summed E-state index contributed by atoms with van der Waals surface area (Å²) in [5.41, 5.74) is 1.91. The first-order valence-corrected chi connectivity index (χ1v) is 7.57. The van der Waals surface area contributed by atoms with Crippen LogP contribution in [-0.2, 0) is 22.6 Å². The minimum absolute atomic E-state index is 0.0724. The third-order valence-corrected chi connectivity index (χ3v) is 3.96. The van der Waals surface area contributed by atoms with Crippen LogP contribution in [0.5, 0.6) is 5.75 Å². The molecule has 0 aliphatic carbocycles. The zero-order valence-corrected chi connectivity index (χ0v) is 13.4. The average Bonchev–Trinajstić information content (AvgIpc) is 2.88. The van der Waals surface area contributed by atoms with Crippen molar-refractivity contribution in [3.05, 3.63) is 63.8 Å². The lowest BCUT2D eigenvalue weighted by Crippen LogP contribution is -2.08. The maximum Gasteiger partial charge on any atom is 0.310 e. The molecule has 3 aromatic rings. The van der Waals surface area contributed by atoms with E-state index in [0.29, 0.717) is 26.8 Å². The molecule has 0 saturated carbocycles. The van der Waals surface area contributed by atoms with Crippen molar-refractivity contribution in [3.8, 4) is 5.75 Å². The first-order chi connectivity index (χ1) is 11.0. The average molecular weight is 351 g/mol. The summed E-state index contributed by atoms with van der Waals surface area (Å²) in [5.74, 6) is -0.287. The summed E-state index contributed by atoms with van der Waals surface area (Å²) in [4.78, 5) is 12.0. The molecule has 0 unspecified atom stereocenters. The Balaban J connectivity index is 1.66. The van der Waals surface area contributed by atoms with Gasteiger partial charge in [-0.3, -0.25) is 4.79 Å². The fourth-order valence-electron chi connectivity index (χ4n) is 2.21. The van der Waals surface area contributed by atoms with Crippen molar-refractivity contribution >= 4 is 40.1 Å². The molecule has 0 bridgehead atoms. The monoisotopic (exact) mass is 350 g/mol. The second kappa shape index (κ2) is 6.52. The number of benzene rings is 2. The maximum atomic E-state index is 12.0. The molecule has 0 fully saturated rings. The predicted molar refractivity (Wildman–Crippen MR) is 87.8 cm³/mol. The zero-order valence-electron chi connectivity index (χ0n) is 11.9. The molecule has 0 spiro atoms. The molecular formula is C17H12Cl2O4. The summed E-state index contributed by atoms with van der Waals surface area (Å²) in [6.45, 7) is 0.0748. The number of carbonyl (C=O) groups excluding carboxylic acids is 1. The highest BCUT2D eigenvalue weighted by Gasteiger charge is 2.13. The Hall–Kier alpha value is -2.17. The van der Waals surface area contributed by atoms with Crippen molar-refractivity contribution in [2.24, 2.45) is 0 Å². The van der Waals surface area contributed by atoms with E-state index in [1.54, 1.807) is 30.3 Å². The van der Waals surface area contributed by atoms with Gasteiger partial charge in [0, 0.05) is 32.6 Å². The molecule has 23 heavy (non-hydrogen) atoms. The molecule has 6 heteroatoms. The van der Waals surface area contributed by atoms with E-state index in [2.05, 4.69) is 0 Å². The maximum absolute atomic E-state index is 12.0. The van der Waals surface area contributed by atoms with Crippen LogP contribution in [0.25, 0.3) is 11.0 Å². The standard InChI is InChI=1S/C17H12Cl2O4/c18-12-2-1-10(15(19)6-12)8-23-17(21)5-11-9-22-16-7-13(20)3-4-14(11)16/h1-4,6-7,9,20H,5,8H2. The Morgan fingerprint density at radius 1 is 1.13 bits per heavy atom. The number of phenols is 1. The van der Waals surface area contributed by atoms with Crippen molar-refractivity contribution in [2.45, 2.75) is 13.0 Å². The number of rotatable bonds is 4. The van der Waals surface area contributed by atoms with E-state index in [0.717, 1.165) is 5.39 Å². The molecule has 0 atom stereocenters. The van der Waals surface area contributed by atoms with Gasteiger partial charge in [0.15, 0.2) is 0 Å². The summed E-state index contributed by atoms with van der Waals surface area (Å²) < 4.78 is 10.6. The lowest BCUT2D eigenvalue weighted by atomic mass is 10.1. The number of fused-ring (bicyclic) bond motifs is 1. The van der Waals surface area contributed by atoms with Crippen LogP contribution in [0.2, 0.25) is 10.0 Å². The minimum Gasteiger partial charge on any atom is -0.508 e. The first kappa shape index (κ1) is 15.7. The van der Waals surface area contributed by atoms with Crippen LogP contribution in [-0.4, -0.2) is 11.1 Å². The predicted octanol–water partition coefficient (Wildman–Crippen LogP) is 4.73. The molecule has 3 rings (SSSR count). The van der Waals surface area contributed by atoms with Gasteiger partial charge in [0.2, 0.25) is 0 Å². The molecule has 0 radical (unpaired) electrons. The summed E-state index contributed by atoms with van der Waals surface area (Å²) in [7, 11) is 0. The van der Waals surface area contributed by atoms with Crippen LogP contribution < -0.4 is 0 Å². The largest absolute Gasteiger partial charge is 0.508 e. The van der Waals surface area contributed by atoms with E-state index < -0.39 is 5.97 Å². The van der Waals surface area contributed by atoms with Gasteiger partial charge < -0.3 is 14.3 Å². The minimum atomic E-state index is -0.396. The molecular weight excluding hydrogens is 339 g/mol. The Bertz CT molecular complexity index is 870. The van der Waals surface area contributed by atoms with Crippen molar-refractivity contribution in [3.63, 3.8) is 0 Å². The number of furan rings is 1. The Labute approximate surface area is 142 Å². The van der Waals surface area contributed by atoms with Gasteiger partial charge in [-0.2, -0.15) is 0 Å². The molecule has 1 aromatic heterocycles. The van der Waals surface area contributed by atoms with Gasteiger partial charge in [-0.25, -0.2) is 0 Å². The first-order valence-electron chi connectivity index (χ1n) is 6.81. The smallest absolute Gasteiger partial charge is 0.310 e. The van der Waals surface area contributed by atoms with E-state index in [-0.39, 0.29) is 18.8 Å². The molecule has 0 aliphatic heterocycles. The molecule has 1 heterocycles. The highest BCUT2D eigenvalue weighted by molar-refractivity contribution is 6.35. The topological polar surface area (TPSA) is 59.7 Å². The fraction of sp³-hybridized carbons (Fsp3) is 0.118. The number of esters is 1. The van der Waals surface area contributed by atoms with Gasteiger partial charge in [-0.15, -0.1) is 0 Å². The van der Waals surface area contributed by atoms with E-state index in [1.165, 1.54) is 12.3 Å². The lowest BCUT2D eigenvalue weighted by Gasteiger charge is -2.06. The number of phenolic OH excluding ortho intramolecular Hbond substituents is 1. The number of halogens is 2. The number of hydrogen-bond donors (Lipinski definition) is 1. The summed E-state index contributed by atoms with van der Waals surface area (Å²) in [6.07, 6.45) is 1.56. The van der Waals surface area contributed by atoms with Crippen molar-refractivity contribution < 1.29 is 19.1 Å². The summed E-state index contributed by atoms with van der Waals surface area (Å²) >= 11 is 11.9. The van der Waals surface area contributed by atoms with Gasteiger partial charge in [0.25, 0.3) is 0 Å². The quantitative estimate of drug-likeness (QED) is 0.691. The van der Waals surface area contributed by atoms with E-state index in [9.17, 15) is 9.90 Å². The number of carbonyl (C=O) groups is 1. The lowest BCUT2D eigenvalue weighted by molar-refractivity contribution is -0.144. The van der Waals surface area contributed by atoms with Crippen LogP contribution >= 0.6 is 23.2 Å². The van der Waals surface area contributed by atoms with Crippen molar-refractivity contribution in [2.75, 3.05) is 0 Å². The summed E-state index contributed by atoms with van der Waals surface area (Å²) in [6, 6.07) is 9.74. The highest BCUT2D eigenvalue weighted by atomic mass is 35.5. The molecule has 2 aromatic carbocycles. The fourth-order valence-corrected chi connectivity index (χ4v) is 2.68. The number of ether oxygens (including phenoxy) is 1. The van der Waals surface area contributed by atoms with Crippen LogP contribution in [0.3, 0.4) is 0 Å². The second-order valence-corrected chi connectivity index (χ2v) is 5.86. The zero-order chi connectivity index (χ0) is 16.4. The molecule has 0 saturated heterocycles. The van der Waals surface area contributed by atoms with Gasteiger partial charge in [-0.1, -0.05) is 29.3 Å². The van der Waals surface area contributed by atoms with Gasteiger partial charge in [0.1, 0.15) is 17.9 Å². The molecule has 0 amide bonds. The normalized spacial score (nSPS) is 10.9. The van der Waals surface area contributed by atoms with E-state index >= 15 is 0 Å². The Morgan fingerprint density at radius 2 is 1.96 bits per heavy atom. The van der Waals surface area contributed by atoms with Crippen LogP contribution in [0.15, 0.2) is 47.1 Å². The van der Waals surface area contributed by atoms with Crippen LogP contribution in [0.1, 0.15) is 11.1 Å². The highest BCUT2D eigenvalue weighted by Crippen LogP contribution is 2.26.